The maximum atomic E-state index is 11.5. The molecule has 1 aromatic carbocycles. The van der Waals surface area contributed by atoms with Crippen LogP contribution < -0.4 is 5.32 Å². The molecular formula is C12H15NO2. The molecule has 15 heavy (non-hydrogen) atoms. The number of methoxy groups -OCH3 is 1. The average molecular weight is 205 g/mol. The van der Waals surface area contributed by atoms with Crippen LogP contribution in [0.5, 0.6) is 0 Å². The molecule has 0 amide bonds. The van der Waals surface area contributed by atoms with Crippen molar-refractivity contribution in [1.29, 1.82) is 0 Å². The van der Waals surface area contributed by atoms with Crippen LogP contribution in [0.4, 0.5) is 0 Å². The van der Waals surface area contributed by atoms with Gasteiger partial charge in [-0.3, -0.25) is 5.32 Å². The molecule has 3 nitrogen and oxygen atoms in total. The van der Waals surface area contributed by atoms with Crippen molar-refractivity contribution in [3.63, 3.8) is 0 Å². The third-order valence-electron chi connectivity index (χ3n) is 2.04. The molecule has 0 bridgehead atoms. The summed E-state index contributed by atoms with van der Waals surface area (Å²) in [6.45, 7) is 4.16. The van der Waals surface area contributed by atoms with Gasteiger partial charge >= 0.3 is 5.97 Å². The summed E-state index contributed by atoms with van der Waals surface area (Å²) >= 11 is 0. The number of rotatable bonds is 5. The van der Waals surface area contributed by atoms with E-state index in [0.29, 0.717) is 6.54 Å². The highest BCUT2D eigenvalue weighted by molar-refractivity contribution is 5.77. The van der Waals surface area contributed by atoms with E-state index >= 15 is 0 Å². The molecule has 0 spiro atoms. The molecule has 0 aliphatic heterocycles. The minimum absolute atomic E-state index is 0.289. The minimum atomic E-state index is -0.422. The average Bonchev–Trinajstić information content (AvgIpc) is 2.30. The first-order chi connectivity index (χ1) is 7.29. The van der Waals surface area contributed by atoms with Crippen LogP contribution in [0.25, 0.3) is 0 Å². The summed E-state index contributed by atoms with van der Waals surface area (Å²) in [5.74, 6) is -0.289. The Morgan fingerprint density at radius 3 is 2.73 bits per heavy atom. The molecule has 0 unspecified atom stereocenters. The van der Waals surface area contributed by atoms with Crippen molar-refractivity contribution in [3.05, 3.63) is 48.6 Å². The first-order valence-corrected chi connectivity index (χ1v) is 4.76. The smallest absolute Gasteiger partial charge is 0.327 e. The van der Waals surface area contributed by atoms with E-state index in [2.05, 4.69) is 11.9 Å². The van der Waals surface area contributed by atoms with Crippen LogP contribution in [0.2, 0.25) is 0 Å². The number of ether oxygens (including phenoxy) is 1. The van der Waals surface area contributed by atoms with Crippen LogP contribution in [-0.2, 0) is 9.53 Å². The Bertz CT molecular complexity index is 322. The number of nitrogens with one attached hydrogen (secondary N) is 1. The Balaban J connectivity index is 2.81. The summed E-state index contributed by atoms with van der Waals surface area (Å²) in [5, 5.41) is 3.04. The monoisotopic (exact) mass is 205 g/mol. The predicted octanol–water partition coefficient (Wildman–Crippen LogP) is 1.68. The van der Waals surface area contributed by atoms with E-state index in [4.69, 9.17) is 4.74 Å². The van der Waals surface area contributed by atoms with Gasteiger partial charge in [0.1, 0.15) is 6.04 Å². The van der Waals surface area contributed by atoms with E-state index in [1.807, 2.05) is 30.3 Å². The van der Waals surface area contributed by atoms with E-state index in [9.17, 15) is 4.79 Å². The van der Waals surface area contributed by atoms with Crippen molar-refractivity contribution < 1.29 is 9.53 Å². The third kappa shape index (κ3) is 3.22. The van der Waals surface area contributed by atoms with Gasteiger partial charge in [-0.25, -0.2) is 4.79 Å². The molecule has 0 saturated carbocycles. The molecule has 3 heteroatoms. The zero-order valence-corrected chi connectivity index (χ0v) is 8.77. The van der Waals surface area contributed by atoms with Crippen molar-refractivity contribution in [3.8, 4) is 0 Å². The van der Waals surface area contributed by atoms with Crippen molar-refractivity contribution in [2.24, 2.45) is 0 Å². The number of carbonyl (C=O) groups excluding carboxylic acids is 1. The molecule has 1 rings (SSSR count). The van der Waals surface area contributed by atoms with Gasteiger partial charge in [-0.05, 0) is 5.56 Å². The summed E-state index contributed by atoms with van der Waals surface area (Å²) in [5.41, 5.74) is 0.895. The first-order valence-electron chi connectivity index (χ1n) is 4.76. The maximum absolute atomic E-state index is 11.5. The summed E-state index contributed by atoms with van der Waals surface area (Å²) < 4.78 is 4.73. The molecule has 0 heterocycles. The van der Waals surface area contributed by atoms with Gasteiger partial charge in [0.15, 0.2) is 0 Å². The zero-order chi connectivity index (χ0) is 11.1. The van der Waals surface area contributed by atoms with E-state index in [1.54, 1.807) is 6.08 Å². The Morgan fingerprint density at radius 2 is 2.20 bits per heavy atom. The molecule has 1 N–H and O–H groups in total. The second kappa shape index (κ2) is 5.98. The SMILES string of the molecule is C=CCN[C@@H](C(=O)OC)c1ccccc1. The Morgan fingerprint density at radius 1 is 1.53 bits per heavy atom. The molecule has 1 aromatic rings. The predicted molar refractivity (Wildman–Crippen MR) is 59.4 cm³/mol. The third-order valence-corrected chi connectivity index (χ3v) is 2.04. The second-order valence-corrected chi connectivity index (χ2v) is 3.06. The Kier molecular flexibility index (Phi) is 4.57. The van der Waals surface area contributed by atoms with Crippen LogP contribution in [-0.4, -0.2) is 19.6 Å². The highest BCUT2D eigenvalue weighted by Gasteiger charge is 2.19. The van der Waals surface area contributed by atoms with Gasteiger partial charge in [0.25, 0.3) is 0 Å². The summed E-state index contributed by atoms with van der Waals surface area (Å²) in [7, 11) is 1.38. The molecule has 0 aliphatic carbocycles. The van der Waals surface area contributed by atoms with Crippen LogP contribution >= 0.6 is 0 Å². The number of hydrogen-bond acceptors (Lipinski definition) is 3. The van der Waals surface area contributed by atoms with Crippen LogP contribution in [0.1, 0.15) is 11.6 Å². The topological polar surface area (TPSA) is 38.3 Å². The largest absolute Gasteiger partial charge is 0.468 e. The normalized spacial score (nSPS) is 11.8. The van der Waals surface area contributed by atoms with Gasteiger partial charge in [0, 0.05) is 6.54 Å². The number of carbonyl (C=O) groups is 1. The standard InChI is InChI=1S/C12H15NO2/c1-3-9-13-11(12(14)15-2)10-7-5-4-6-8-10/h3-8,11,13H,1,9H2,2H3/t11-/m1/s1. The van der Waals surface area contributed by atoms with E-state index in [0.717, 1.165) is 5.56 Å². The Hall–Kier alpha value is -1.61. The molecule has 0 saturated heterocycles. The second-order valence-electron chi connectivity index (χ2n) is 3.06. The van der Waals surface area contributed by atoms with Crippen LogP contribution in [0.15, 0.2) is 43.0 Å². The van der Waals surface area contributed by atoms with Crippen molar-refractivity contribution >= 4 is 5.97 Å². The van der Waals surface area contributed by atoms with Gasteiger partial charge in [0.05, 0.1) is 7.11 Å². The van der Waals surface area contributed by atoms with Gasteiger partial charge < -0.3 is 4.74 Å². The lowest BCUT2D eigenvalue weighted by Crippen LogP contribution is -2.29. The lowest BCUT2D eigenvalue weighted by atomic mass is 10.1. The van der Waals surface area contributed by atoms with E-state index < -0.39 is 6.04 Å². The van der Waals surface area contributed by atoms with Crippen molar-refractivity contribution in [2.75, 3.05) is 13.7 Å². The molecule has 0 fully saturated rings. The van der Waals surface area contributed by atoms with Crippen molar-refractivity contribution in [2.45, 2.75) is 6.04 Å². The highest BCUT2D eigenvalue weighted by Crippen LogP contribution is 2.13. The number of esters is 1. The van der Waals surface area contributed by atoms with Gasteiger partial charge in [-0.1, -0.05) is 36.4 Å². The fourth-order valence-corrected chi connectivity index (χ4v) is 1.30. The summed E-state index contributed by atoms with van der Waals surface area (Å²) in [6, 6.07) is 9.04. The fraction of sp³-hybridized carbons (Fsp3) is 0.250. The lowest BCUT2D eigenvalue weighted by Gasteiger charge is -2.15. The van der Waals surface area contributed by atoms with Crippen LogP contribution in [0, 0.1) is 0 Å². The number of hydrogen-bond donors (Lipinski definition) is 1. The van der Waals surface area contributed by atoms with Gasteiger partial charge in [-0.15, -0.1) is 6.58 Å². The highest BCUT2D eigenvalue weighted by atomic mass is 16.5. The summed E-state index contributed by atoms with van der Waals surface area (Å²) in [6.07, 6.45) is 1.71. The van der Waals surface area contributed by atoms with E-state index in [-0.39, 0.29) is 5.97 Å². The molecular weight excluding hydrogens is 190 g/mol. The van der Waals surface area contributed by atoms with Gasteiger partial charge in [0.2, 0.25) is 0 Å². The maximum Gasteiger partial charge on any atom is 0.327 e. The first kappa shape index (κ1) is 11.5. The lowest BCUT2D eigenvalue weighted by molar-refractivity contribution is -0.143. The minimum Gasteiger partial charge on any atom is -0.468 e. The molecule has 0 radical (unpaired) electrons. The Labute approximate surface area is 89.8 Å². The van der Waals surface area contributed by atoms with Gasteiger partial charge in [-0.2, -0.15) is 0 Å². The van der Waals surface area contributed by atoms with Crippen LogP contribution in [0.3, 0.4) is 0 Å². The summed E-state index contributed by atoms with van der Waals surface area (Å²) in [4.78, 5) is 11.5. The number of benzene rings is 1. The molecule has 80 valence electrons. The quantitative estimate of drug-likeness (QED) is 0.587. The molecule has 1 atom stereocenters. The fourth-order valence-electron chi connectivity index (χ4n) is 1.30. The van der Waals surface area contributed by atoms with Crippen molar-refractivity contribution in [1.82, 2.24) is 5.32 Å². The zero-order valence-electron chi connectivity index (χ0n) is 8.77. The molecule has 0 aromatic heterocycles. The van der Waals surface area contributed by atoms with E-state index in [1.165, 1.54) is 7.11 Å². The molecule has 0 aliphatic rings.